The standard InChI is InChI=1S/C24H22N2O4/c25-20-5-2-10-26-24(20)19-4-1-3-18-17(19)8-9-21(18)30-15-6-7-16-14(11-23(27)28)13-29-22(16)12-15/h1-7,10,12,14,21H,8-9,11,13,25H2,(H,27,28)/t14-,21-/m1/s1. The van der Waals surface area contributed by atoms with Crippen LogP contribution in [0.5, 0.6) is 11.5 Å². The van der Waals surface area contributed by atoms with Crippen molar-refractivity contribution in [2.45, 2.75) is 31.3 Å². The van der Waals surface area contributed by atoms with Gasteiger partial charge in [0.05, 0.1) is 24.4 Å². The third-order valence-corrected chi connectivity index (χ3v) is 5.87. The molecule has 30 heavy (non-hydrogen) atoms. The Kier molecular flexibility index (Phi) is 4.54. The number of hydrogen-bond acceptors (Lipinski definition) is 5. The number of nitrogens with zero attached hydrogens (tertiary/aromatic N) is 1. The Bertz CT molecular complexity index is 1130. The van der Waals surface area contributed by atoms with Gasteiger partial charge in [-0.05, 0) is 42.2 Å². The Balaban J connectivity index is 1.40. The van der Waals surface area contributed by atoms with Crippen LogP contribution in [-0.4, -0.2) is 22.7 Å². The lowest BCUT2D eigenvalue weighted by Crippen LogP contribution is -2.07. The Labute approximate surface area is 174 Å². The lowest BCUT2D eigenvalue weighted by molar-refractivity contribution is -0.137. The fourth-order valence-corrected chi connectivity index (χ4v) is 4.48. The molecule has 0 fully saturated rings. The van der Waals surface area contributed by atoms with E-state index < -0.39 is 5.97 Å². The Morgan fingerprint density at radius 1 is 1.20 bits per heavy atom. The van der Waals surface area contributed by atoms with Crippen molar-refractivity contribution in [2.75, 3.05) is 12.3 Å². The molecule has 0 bridgehead atoms. The predicted octanol–water partition coefficient (Wildman–Crippen LogP) is 4.35. The van der Waals surface area contributed by atoms with Gasteiger partial charge in [0.2, 0.25) is 0 Å². The van der Waals surface area contributed by atoms with Crippen LogP contribution in [0.3, 0.4) is 0 Å². The number of ether oxygens (including phenoxy) is 2. The second-order valence-corrected chi connectivity index (χ2v) is 7.77. The average Bonchev–Trinajstić information content (AvgIpc) is 3.32. The molecule has 0 saturated carbocycles. The number of aliphatic carboxylic acids is 1. The second-order valence-electron chi connectivity index (χ2n) is 7.77. The Hall–Kier alpha value is -3.54. The molecule has 2 aromatic carbocycles. The second kappa shape index (κ2) is 7.37. The molecule has 0 amide bonds. The molecule has 0 spiro atoms. The van der Waals surface area contributed by atoms with Gasteiger partial charge < -0.3 is 20.3 Å². The maximum absolute atomic E-state index is 11.0. The highest BCUT2D eigenvalue weighted by Crippen LogP contribution is 2.43. The molecule has 1 aliphatic carbocycles. The maximum atomic E-state index is 11.0. The lowest BCUT2D eigenvalue weighted by atomic mass is 9.98. The number of rotatable bonds is 5. The molecule has 6 nitrogen and oxygen atoms in total. The van der Waals surface area contributed by atoms with Crippen LogP contribution in [0.1, 0.15) is 41.6 Å². The summed E-state index contributed by atoms with van der Waals surface area (Å²) in [4.78, 5) is 15.5. The number of carbonyl (C=O) groups is 1. The molecule has 3 aromatic rings. The number of aromatic nitrogens is 1. The van der Waals surface area contributed by atoms with Crippen LogP contribution in [0.25, 0.3) is 11.3 Å². The van der Waals surface area contributed by atoms with Crippen molar-refractivity contribution in [1.29, 1.82) is 0 Å². The minimum atomic E-state index is -0.816. The summed E-state index contributed by atoms with van der Waals surface area (Å²) in [6.45, 7) is 0.395. The number of carboxylic acids is 1. The van der Waals surface area contributed by atoms with Crippen LogP contribution in [0.15, 0.2) is 54.7 Å². The van der Waals surface area contributed by atoms with Crippen molar-refractivity contribution in [3.8, 4) is 22.8 Å². The highest BCUT2D eigenvalue weighted by molar-refractivity contribution is 5.76. The molecule has 6 heteroatoms. The summed E-state index contributed by atoms with van der Waals surface area (Å²) in [5.74, 6) is 0.520. The first-order valence-electron chi connectivity index (χ1n) is 10.1. The number of anilines is 1. The van der Waals surface area contributed by atoms with Crippen LogP contribution < -0.4 is 15.2 Å². The van der Waals surface area contributed by atoms with Gasteiger partial charge in [-0.2, -0.15) is 0 Å². The van der Waals surface area contributed by atoms with E-state index in [1.165, 1.54) is 5.56 Å². The molecule has 5 rings (SSSR count). The van der Waals surface area contributed by atoms with Crippen molar-refractivity contribution < 1.29 is 19.4 Å². The summed E-state index contributed by atoms with van der Waals surface area (Å²) in [6, 6.07) is 15.6. The van der Waals surface area contributed by atoms with Gasteiger partial charge in [-0.3, -0.25) is 9.78 Å². The van der Waals surface area contributed by atoms with E-state index >= 15 is 0 Å². The Morgan fingerprint density at radius 3 is 2.93 bits per heavy atom. The van der Waals surface area contributed by atoms with Crippen LogP contribution in [0, 0.1) is 0 Å². The van der Waals surface area contributed by atoms with E-state index in [4.69, 9.17) is 20.3 Å². The molecule has 1 aromatic heterocycles. The predicted molar refractivity (Wildman–Crippen MR) is 113 cm³/mol. The molecule has 1 aliphatic heterocycles. The number of pyridine rings is 1. The van der Waals surface area contributed by atoms with Gasteiger partial charge in [0.25, 0.3) is 0 Å². The van der Waals surface area contributed by atoms with Crippen LogP contribution >= 0.6 is 0 Å². The van der Waals surface area contributed by atoms with Crippen LogP contribution in [-0.2, 0) is 11.2 Å². The van der Waals surface area contributed by atoms with E-state index in [1.54, 1.807) is 6.20 Å². The first kappa shape index (κ1) is 18.5. The van der Waals surface area contributed by atoms with Gasteiger partial charge in [-0.25, -0.2) is 0 Å². The summed E-state index contributed by atoms with van der Waals surface area (Å²) in [7, 11) is 0. The highest BCUT2D eigenvalue weighted by Gasteiger charge is 2.29. The normalized spacial score (nSPS) is 19.1. The molecular formula is C24H22N2O4. The van der Waals surface area contributed by atoms with Crippen molar-refractivity contribution in [1.82, 2.24) is 4.98 Å². The summed E-state index contributed by atoms with van der Waals surface area (Å²) in [5.41, 5.74) is 12.0. The zero-order chi connectivity index (χ0) is 20.7. The fraction of sp³-hybridized carbons (Fsp3) is 0.250. The number of nitrogens with two attached hydrogens (primary N) is 1. The quantitative estimate of drug-likeness (QED) is 0.659. The molecule has 0 unspecified atom stereocenters. The van der Waals surface area contributed by atoms with Crippen molar-refractivity contribution in [3.05, 3.63) is 71.4 Å². The Morgan fingerprint density at radius 2 is 2.10 bits per heavy atom. The topological polar surface area (TPSA) is 94.7 Å². The maximum Gasteiger partial charge on any atom is 0.304 e. The summed E-state index contributed by atoms with van der Waals surface area (Å²) in [6.07, 6.45) is 3.55. The van der Waals surface area contributed by atoms with E-state index in [1.807, 2.05) is 36.4 Å². The van der Waals surface area contributed by atoms with E-state index in [9.17, 15) is 4.79 Å². The van der Waals surface area contributed by atoms with Crippen LogP contribution in [0.4, 0.5) is 5.69 Å². The third kappa shape index (κ3) is 3.24. The van der Waals surface area contributed by atoms with Gasteiger partial charge in [0.15, 0.2) is 0 Å². The monoisotopic (exact) mass is 402 g/mol. The SMILES string of the molecule is Nc1cccnc1-c1cccc2c1CC[C@H]2Oc1ccc2c(c1)OC[C@H]2CC(=O)O. The fourth-order valence-electron chi connectivity index (χ4n) is 4.48. The lowest BCUT2D eigenvalue weighted by Gasteiger charge is -2.17. The molecule has 152 valence electrons. The van der Waals surface area contributed by atoms with Gasteiger partial charge >= 0.3 is 5.97 Å². The zero-order valence-electron chi connectivity index (χ0n) is 16.4. The van der Waals surface area contributed by atoms with E-state index in [0.717, 1.165) is 41.0 Å². The number of benzene rings is 2. The van der Waals surface area contributed by atoms with Crippen molar-refractivity contribution >= 4 is 11.7 Å². The molecule has 2 heterocycles. The van der Waals surface area contributed by atoms with Crippen molar-refractivity contribution in [3.63, 3.8) is 0 Å². The first-order valence-corrected chi connectivity index (χ1v) is 10.1. The molecule has 3 N–H and O–H groups in total. The van der Waals surface area contributed by atoms with Gasteiger partial charge in [-0.1, -0.05) is 24.3 Å². The molecule has 0 saturated heterocycles. The number of fused-ring (bicyclic) bond motifs is 2. The average molecular weight is 402 g/mol. The smallest absolute Gasteiger partial charge is 0.304 e. The van der Waals surface area contributed by atoms with Crippen molar-refractivity contribution in [2.24, 2.45) is 0 Å². The molecular weight excluding hydrogens is 380 g/mol. The summed E-state index contributed by atoms with van der Waals surface area (Å²) < 4.78 is 12.0. The molecule has 2 aliphatic rings. The van der Waals surface area contributed by atoms with E-state index in [-0.39, 0.29) is 18.4 Å². The third-order valence-electron chi connectivity index (χ3n) is 5.87. The number of carboxylic acid groups (broad SMARTS) is 1. The minimum absolute atomic E-state index is 0.0563. The zero-order valence-corrected chi connectivity index (χ0v) is 16.4. The number of nitrogen functional groups attached to an aromatic ring is 1. The van der Waals surface area contributed by atoms with Crippen LogP contribution in [0.2, 0.25) is 0 Å². The van der Waals surface area contributed by atoms with Gasteiger partial charge in [0, 0.05) is 29.3 Å². The highest BCUT2D eigenvalue weighted by atomic mass is 16.5. The summed E-state index contributed by atoms with van der Waals surface area (Å²) in [5, 5.41) is 9.07. The van der Waals surface area contributed by atoms with Gasteiger partial charge in [0.1, 0.15) is 17.6 Å². The first-order chi connectivity index (χ1) is 14.6. The minimum Gasteiger partial charge on any atom is -0.492 e. The van der Waals surface area contributed by atoms with E-state index in [2.05, 4.69) is 17.1 Å². The molecule has 0 radical (unpaired) electrons. The van der Waals surface area contributed by atoms with Gasteiger partial charge in [-0.15, -0.1) is 0 Å². The van der Waals surface area contributed by atoms with E-state index in [0.29, 0.717) is 18.0 Å². The largest absolute Gasteiger partial charge is 0.492 e. The number of hydrogen-bond donors (Lipinski definition) is 2. The summed E-state index contributed by atoms with van der Waals surface area (Å²) >= 11 is 0. The molecule has 2 atom stereocenters.